The molecule has 57 valence electrons. The summed E-state index contributed by atoms with van der Waals surface area (Å²) in [6.45, 7) is 5.54. The summed E-state index contributed by atoms with van der Waals surface area (Å²) in [5, 5.41) is 0. The molecule has 0 aliphatic carbocycles. The van der Waals surface area contributed by atoms with Crippen LogP contribution in [0.1, 0.15) is 0 Å². The molecule has 10 heavy (non-hydrogen) atoms. The van der Waals surface area contributed by atoms with Gasteiger partial charge in [-0.05, 0) is 6.54 Å². The average molecular weight is 216 g/mol. The van der Waals surface area contributed by atoms with Crippen molar-refractivity contribution in [1.82, 2.24) is 4.90 Å². The summed E-state index contributed by atoms with van der Waals surface area (Å²) < 4.78 is 5.05. The Bertz CT molecular complexity index is 76.0. The Morgan fingerprint density at radius 3 is 2.50 bits per heavy atom. The molecule has 0 aliphatic rings. The topological polar surface area (TPSA) is 12.5 Å². The number of hydrogen-bond acceptors (Lipinski definition) is 2. The van der Waals surface area contributed by atoms with Gasteiger partial charge in [0.2, 0.25) is 0 Å². The third-order valence-electron chi connectivity index (χ3n) is 0.788. The van der Waals surface area contributed by atoms with E-state index in [2.05, 4.69) is 20.7 Å². The van der Waals surface area contributed by atoms with Crippen molar-refractivity contribution >= 4 is 0 Å². The summed E-state index contributed by atoms with van der Waals surface area (Å²) in [5.41, 5.74) is 0. The molecular formula is C7H13NOY-2. The van der Waals surface area contributed by atoms with E-state index >= 15 is 0 Å². The maximum atomic E-state index is 5.05. The summed E-state index contributed by atoms with van der Waals surface area (Å²) in [4.78, 5) is 1.59. The van der Waals surface area contributed by atoms with E-state index in [4.69, 9.17) is 4.74 Å². The molecule has 0 aliphatic heterocycles. The zero-order valence-corrected chi connectivity index (χ0v) is 9.09. The van der Waals surface area contributed by atoms with Crippen molar-refractivity contribution in [2.75, 3.05) is 19.8 Å². The predicted octanol–water partition coefficient (Wildman–Crippen LogP) is 1.07. The van der Waals surface area contributed by atoms with Crippen LogP contribution < -0.4 is 0 Å². The van der Waals surface area contributed by atoms with Gasteiger partial charge in [-0.15, -0.1) is 6.58 Å². The number of nitrogens with zero attached hydrogens (tertiary/aromatic N) is 1. The largest absolute Gasteiger partial charge is 0.609 e. The Kier molecular flexibility index (Phi) is 13.0. The van der Waals surface area contributed by atoms with Gasteiger partial charge in [0.05, 0.1) is 13.2 Å². The van der Waals surface area contributed by atoms with Crippen molar-refractivity contribution in [2.24, 2.45) is 0 Å². The minimum atomic E-state index is 0. The Balaban J connectivity index is 0. The molecule has 0 aromatic carbocycles. The Morgan fingerprint density at radius 1 is 1.50 bits per heavy atom. The molecule has 0 saturated heterocycles. The van der Waals surface area contributed by atoms with Crippen LogP contribution in [0.4, 0.5) is 0 Å². The third-order valence-corrected chi connectivity index (χ3v) is 0.788. The molecule has 0 aromatic heterocycles. The molecular weight excluding hydrogens is 203 g/mol. The second-order valence-corrected chi connectivity index (χ2v) is 1.76. The van der Waals surface area contributed by atoms with Crippen LogP contribution in [0.15, 0.2) is 12.7 Å². The first-order valence-electron chi connectivity index (χ1n) is 2.84. The normalized spacial score (nSPS) is 9.10. The second-order valence-electron chi connectivity index (χ2n) is 1.76. The monoisotopic (exact) mass is 216 g/mol. The van der Waals surface area contributed by atoms with Gasteiger partial charge in [0, 0.05) is 32.7 Å². The van der Waals surface area contributed by atoms with Crippen LogP contribution in [-0.4, -0.2) is 24.7 Å². The van der Waals surface area contributed by atoms with Crippen LogP contribution >= 0.6 is 0 Å². The zero-order valence-electron chi connectivity index (χ0n) is 6.25. The fourth-order valence-electron chi connectivity index (χ4n) is 0.360. The van der Waals surface area contributed by atoms with Crippen LogP contribution in [-0.2, 0) is 37.4 Å². The van der Waals surface area contributed by atoms with Crippen molar-refractivity contribution < 1.29 is 37.4 Å². The van der Waals surface area contributed by atoms with Gasteiger partial charge in [-0.1, -0.05) is 6.08 Å². The van der Waals surface area contributed by atoms with Gasteiger partial charge >= 0.3 is 0 Å². The van der Waals surface area contributed by atoms with Crippen LogP contribution in [0.3, 0.4) is 0 Å². The quantitative estimate of drug-likeness (QED) is 0.387. The molecule has 2 nitrogen and oxygen atoms in total. The second kappa shape index (κ2) is 9.76. The first-order chi connectivity index (χ1) is 4.27. The van der Waals surface area contributed by atoms with Crippen LogP contribution in [0.25, 0.3) is 0 Å². The fraction of sp³-hybridized carbons (Fsp3) is 0.429. The van der Waals surface area contributed by atoms with E-state index in [9.17, 15) is 0 Å². The molecule has 0 saturated carbocycles. The van der Waals surface area contributed by atoms with Gasteiger partial charge in [0.1, 0.15) is 0 Å². The van der Waals surface area contributed by atoms with Crippen LogP contribution in [0, 0.1) is 14.1 Å². The molecule has 0 rings (SSSR count). The first-order valence-corrected chi connectivity index (χ1v) is 2.84. The van der Waals surface area contributed by atoms with Gasteiger partial charge in [-0.2, -0.15) is 0 Å². The van der Waals surface area contributed by atoms with Gasteiger partial charge < -0.3 is 23.7 Å². The molecule has 0 atom stereocenters. The molecule has 0 amide bonds. The van der Waals surface area contributed by atoms with E-state index in [0.29, 0.717) is 13.2 Å². The van der Waals surface area contributed by atoms with Crippen LogP contribution in [0.2, 0.25) is 0 Å². The maximum Gasteiger partial charge on any atom is 0.0645 e. The third kappa shape index (κ3) is 11.5. The zero-order chi connectivity index (χ0) is 7.11. The molecule has 0 spiro atoms. The van der Waals surface area contributed by atoms with Crippen molar-refractivity contribution in [1.29, 1.82) is 0 Å². The van der Waals surface area contributed by atoms with Gasteiger partial charge in [-0.3, -0.25) is 0 Å². The van der Waals surface area contributed by atoms with Crippen molar-refractivity contribution in [3.05, 3.63) is 26.8 Å². The minimum absolute atomic E-state index is 0. The van der Waals surface area contributed by atoms with Gasteiger partial charge in [0.15, 0.2) is 0 Å². The summed E-state index contributed by atoms with van der Waals surface area (Å²) in [5.74, 6) is 0. The predicted molar refractivity (Wildman–Crippen MR) is 38.4 cm³/mol. The minimum Gasteiger partial charge on any atom is -0.609 e. The number of rotatable bonds is 5. The van der Waals surface area contributed by atoms with E-state index in [1.54, 1.807) is 11.0 Å². The Labute approximate surface area is 88.5 Å². The standard InChI is InChI=1S/C7H13NO.Y/c1-4-6-9-7-5-8(2)3;/h4H,1-3,5-7H2;/q-2;. The van der Waals surface area contributed by atoms with E-state index < -0.39 is 0 Å². The van der Waals surface area contributed by atoms with Crippen LogP contribution in [0.5, 0.6) is 0 Å². The molecule has 0 unspecified atom stereocenters. The SMILES string of the molecule is C=CCOCCN([CH2-])[CH2-].[Y]. The average Bonchev–Trinajstić information content (AvgIpc) is 1.80. The number of ether oxygens (including phenoxy) is 1. The first kappa shape index (κ1) is 13.4. The van der Waals surface area contributed by atoms with E-state index in [-0.39, 0.29) is 32.7 Å². The molecule has 0 N–H and O–H groups in total. The Hall–Kier alpha value is 0.764. The smallest absolute Gasteiger partial charge is 0.0645 e. The molecule has 3 heteroatoms. The summed E-state index contributed by atoms with van der Waals surface area (Å²) in [6.07, 6.45) is 1.72. The van der Waals surface area contributed by atoms with E-state index in [1.807, 2.05) is 0 Å². The fourth-order valence-corrected chi connectivity index (χ4v) is 0.360. The number of hydrogen-bond donors (Lipinski definition) is 0. The molecule has 0 heterocycles. The van der Waals surface area contributed by atoms with Gasteiger partial charge in [0.25, 0.3) is 0 Å². The van der Waals surface area contributed by atoms with Crippen molar-refractivity contribution in [3.8, 4) is 0 Å². The summed E-state index contributed by atoms with van der Waals surface area (Å²) in [7, 11) is 7.10. The maximum absolute atomic E-state index is 5.05. The van der Waals surface area contributed by atoms with Gasteiger partial charge in [-0.25, -0.2) is 0 Å². The van der Waals surface area contributed by atoms with E-state index in [0.717, 1.165) is 6.54 Å². The summed E-state index contributed by atoms with van der Waals surface area (Å²) in [6, 6.07) is 0. The molecule has 1 radical (unpaired) electrons. The van der Waals surface area contributed by atoms with Crippen molar-refractivity contribution in [2.45, 2.75) is 0 Å². The van der Waals surface area contributed by atoms with Crippen molar-refractivity contribution in [3.63, 3.8) is 0 Å². The molecule has 0 bridgehead atoms. The Morgan fingerprint density at radius 2 is 2.10 bits per heavy atom. The van der Waals surface area contributed by atoms with E-state index in [1.165, 1.54) is 0 Å². The molecule has 0 fully saturated rings. The summed E-state index contributed by atoms with van der Waals surface area (Å²) >= 11 is 0. The molecule has 0 aromatic rings.